The quantitative estimate of drug-likeness (QED) is 0.317. The molecule has 1 amide bonds. The Morgan fingerprint density at radius 1 is 1.27 bits per heavy atom. The first-order valence-electron chi connectivity index (χ1n) is 12.7. The molecule has 5 rings (SSSR count). The molecule has 1 aliphatic heterocycles. The number of hydrogen-bond acceptors (Lipinski definition) is 9. The average Bonchev–Trinajstić information content (AvgIpc) is 3.64. The largest absolute Gasteiger partial charge is 0.459 e. The van der Waals surface area contributed by atoms with E-state index in [-0.39, 0.29) is 29.8 Å². The molecule has 12 heteroatoms. The van der Waals surface area contributed by atoms with Gasteiger partial charge in [-0.2, -0.15) is 5.10 Å². The Morgan fingerprint density at radius 3 is 2.84 bits per heavy atom. The summed E-state index contributed by atoms with van der Waals surface area (Å²) in [5, 5.41) is 17.4. The number of anilines is 1. The van der Waals surface area contributed by atoms with E-state index in [4.69, 9.17) is 9.47 Å². The van der Waals surface area contributed by atoms with Crippen molar-refractivity contribution < 1.29 is 19.1 Å². The van der Waals surface area contributed by atoms with Gasteiger partial charge in [0.1, 0.15) is 10.7 Å². The third-order valence-electron chi connectivity index (χ3n) is 6.37. The van der Waals surface area contributed by atoms with Gasteiger partial charge in [0, 0.05) is 24.7 Å². The van der Waals surface area contributed by atoms with E-state index < -0.39 is 0 Å². The van der Waals surface area contributed by atoms with Crippen LogP contribution in [-0.4, -0.2) is 61.0 Å². The van der Waals surface area contributed by atoms with Crippen molar-refractivity contribution in [2.75, 3.05) is 17.7 Å². The fourth-order valence-electron chi connectivity index (χ4n) is 4.71. The van der Waals surface area contributed by atoms with Crippen LogP contribution in [0.25, 0.3) is 11.5 Å². The van der Waals surface area contributed by atoms with E-state index in [1.807, 2.05) is 37.7 Å². The Morgan fingerprint density at radius 2 is 2.11 bits per heavy atom. The van der Waals surface area contributed by atoms with E-state index in [0.717, 1.165) is 56.4 Å². The lowest BCUT2D eigenvalue weighted by Gasteiger charge is -2.14. The molecule has 10 nitrogen and oxygen atoms in total. The van der Waals surface area contributed by atoms with E-state index in [0.29, 0.717) is 28.1 Å². The van der Waals surface area contributed by atoms with Crippen LogP contribution in [0, 0.1) is 0 Å². The number of thioether (sulfide) groups is 1. The van der Waals surface area contributed by atoms with E-state index in [1.165, 1.54) is 28.0 Å². The van der Waals surface area contributed by atoms with Crippen molar-refractivity contribution >= 4 is 40.0 Å². The molecule has 37 heavy (non-hydrogen) atoms. The zero-order chi connectivity index (χ0) is 25.9. The van der Waals surface area contributed by atoms with Crippen molar-refractivity contribution in [1.82, 2.24) is 24.5 Å². The van der Waals surface area contributed by atoms with Gasteiger partial charge in [0.2, 0.25) is 5.91 Å². The molecule has 1 fully saturated rings. The molecule has 0 spiro atoms. The summed E-state index contributed by atoms with van der Waals surface area (Å²) in [4.78, 5) is 27.1. The molecular formula is C25H32N6O4S2. The molecule has 0 saturated carbocycles. The van der Waals surface area contributed by atoms with Crippen LogP contribution in [0.4, 0.5) is 5.00 Å². The predicted molar refractivity (Wildman–Crippen MR) is 142 cm³/mol. The van der Waals surface area contributed by atoms with E-state index in [1.54, 1.807) is 4.68 Å². The highest BCUT2D eigenvalue weighted by Crippen LogP contribution is 2.39. The van der Waals surface area contributed by atoms with Crippen molar-refractivity contribution in [1.29, 1.82) is 0 Å². The van der Waals surface area contributed by atoms with Crippen LogP contribution in [0.5, 0.6) is 0 Å². The third-order valence-corrected chi connectivity index (χ3v) is 8.55. The van der Waals surface area contributed by atoms with E-state index in [9.17, 15) is 9.59 Å². The maximum Gasteiger partial charge on any atom is 0.341 e. The Kier molecular flexibility index (Phi) is 7.96. The molecule has 1 N–H and O–H groups in total. The van der Waals surface area contributed by atoms with Crippen LogP contribution >= 0.6 is 23.1 Å². The summed E-state index contributed by atoms with van der Waals surface area (Å²) in [7, 11) is 1.86. The molecule has 1 saturated heterocycles. The number of hydrogen-bond donors (Lipinski definition) is 1. The maximum absolute atomic E-state index is 13.1. The van der Waals surface area contributed by atoms with Gasteiger partial charge in [0.25, 0.3) is 0 Å². The average molecular weight is 545 g/mol. The number of amides is 1. The number of carbonyl (C=O) groups excluding carboxylic acids is 2. The van der Waals surface area contributed by atoms with Crippen LogP contribution in [0.2, 0.25) is 0 Å². The van der Waals surface area contributed by atoms with Gasteiger partial charge < -0.3 is 14.8 Å². The van der Waals surface area contributed by atoms with Gasteiger partial charge in [-0.1, -0.05) is 11.8 Å². The standard InChI is InChI=1S/C25H32N6O4S2/c1-15(2)35-24(33)21-17-8-4-5-9-19(17)37-23(21)26-20(32)14-36-25-28-27-22(18-10-11-30(3)29-18)31(25)13-16-7-6-12-34-16/h10-11,15-16H,4-9,12-14H2,1-3H3,(H,26,32). The lowest BCUT2D eigenvalue weighted by atomic mass is 9.95. The number of aromatic nitrogens is 5. The topological polar surface area (TPSA) is 113 Å². The fourth-order valence-corrected chi connectivity index (χ4v) is 6.75. The smallest absolute Gasteiger partial charge is 0.341 e. The molecule has 1 unspecified atom stereocenters. The SMILES string of the molecule is CC(C)OC(=O)c1c(NC(=O)CSc2nnc(-c3ccn(C)n3)n2CC2CCCO2)sc2c1CCCC2. The summed E-state index contributed by atoms with van der Waals surface area (Å²) < 4.78 is 15.1. The summed E-state index contributed by atoms with van der Waals surface area (Å²) in [5.41, 5.74) is 2.27. The van der Waals surface area contributed by atoms with E-state index in [2.05, 4.69) is 20.6 Å². The minimum atomic E-state index is -0.367. The molecule has 1 aliphatic carbocycles. The van der Waals surface area contributed by atoms with Gasteiger partial charge in [-0.05, 0) is 64.0 Å². The van der Waals surface area contributed by atoms with Gasteiger partial charge in [-0.25, -0.2) is 4.79 Å². The minimum Gasteiger partial charge on any atom is -0.459 e. The number of aryl methyl sites for hydroxylation is 2. The second-order valence-corrected chi connectivity index (χ2v) is 11.7. The van der Waals surface area contributed by atoms with Crippen molar-refractivity contribution in [3.63, 3.8) is 0 Å². The summed E-state index contributed by atoms with van der Waals surface area (Å²) in [6.45, 7) is 5.02. The lowest BCUT2D eigenvalue weighted by molar-refractivity contribution is -0.113. The molecule has 2 aliphatic rings. The van der Waals surface area contributed by atoms with Crippen molar-refractivity contribution in [2.45, 2.75) is 76.3 Å². The van der Waals surface area contributed by atoms with Crippen LogP contribution in [0.15, 0.2) is 17.4 Å². The molecule has 3 aromatic heterocycles. The molecule has 0 bridgehead atoms. The first-order chi connectivity index (χ1) is 17.9. The zero-order valence-corrected chi connectivity index (χ0v) is 23.0. The van der Waals surface area contributed by atoms with Crippen LogP contribution in [0.1, 0.15) is 60.3 Å². The Labute approximate surface area is 224 Å². The first-order valence-corrected chi connectivity index (χ1v) is 14.5. The molecule has 4 heterocycles. The number of rotatable bonds is 9. The summed E-state index contributed by atoms with van der Waals surface area (Å²) in [6.07, 6.45) is 7.61. The number of nitrogens with one attached hydrogen (secondary N) is 1. The van der Waals surface area contributed by atoms with Crippen molar-refractivity contribution in [3.05, 3.63) is 28.3 Å². The number of esters is 1. The second-order valence-electron chi connectivity index (χ2n) is 9.63. The third kappa shape index (κ3) is 5.91. The number of nitrogens with zero attached hydrogens (tertiary/aromatic N) is 5. The number of carbonyl (C=O) groups is 2. The van der Waals surface area contributed by atoms with Gasteiger partial charge in [-0.3, -0.25) is 14.0 Å². The monoisotopic (exact) mass is 544 g/mol. The molecule has 0 radical (unpaired) electrons. The Bertz CT molecular complexity index is 1270. The summed E-state index contributed by atoms with van der Waals surface area (Å²) >= 11 is 2.81. The van der Waals surface area contributed by atoms with Gasteiger partial charge in [-0.15, -0.1) is 21.5 Å². The number of thiophene rings is 1. The van der Waals surface area contributed by atoms with Crippen LogP contribution in [-0.2, 0) is 40.7 Å². The minimum absolute atomic E-state index is 0.0820. The lowest BCUT2D eigenvalue weighted by Crippen LogP contribution is -2.19. The van der Waals surface area contributed by atoms with Crippen molar-refractivity contribution in [2.24, 2.45) is 7.05 Å². The van der Waals surface area contributed by atoms with Gasteiger partial charge >= 0.3 is 5.97 Å². The van der Waals surface area contributed by atoms with Crippen LogP contribution < -0.4 is 5.32 Å². The van der Waals surface area contributed by atoms with E-state index >= 15 is 0 Å². The normalized spacial score (nSPS) is 17.2. The fraction of sp³-hybridized carbons (Fsp3) is 0.560. The number of fused-ring (bicyclic) bond motifs is 1. The highest BCUT2D eigenvalue weighted by molar-refractivity contribution is 7.99. The molecular weight excluding hydrogens is 512 g/mol. The molecule has 0 aromatic carbocycles. The summed E-state index contributed by atoms with van der Waals surface area (Å²) in [5.74, 6) is 0.221. The summed E-state index contributed by atoms with van der Waals surface area (Å²) in [6, 6.07) is 1.90. The van der Waals surface area contributed by atoms with Crippen molar-refractivity contribution in [3.8, 4) is 11.5 Å². The highest BCUT2D eigenvalue weighted by Gasteiger charge is 2.28. The number of ether oxygens (including phenoxy) is 2. The van der Waals surface area contributed by atoms with Gasteiger partial charge in [0.05, 0.1) is 30.1 Å². The van der Waals surface area contributed by atoms with Crippen LogP contribution in [0.3, 0.4) is 0 Å². The maximum atomic E-state index is 13.1. The highest BCUT2D eigenvalue weighted by atomic mass is 32.2. The van der Waals surface area contributed by atoms with Gasteiger partial charge in [0.15, 0.2) is 11.0 Å². The Balaban J connectivity index is 1.32. The Hall–Kier alpha value is -2.70. The predicted octanol–water partition coefficient (Wildman–Crippen LogP) is 4.09. The first kappa shape index (κ1) is 25.9. The zero-order valence-electron chi connectivity index (χ0n) is 21.4. The second kappa shape index (κ2) is 11.4. The molecule has 1 atom stereocenters. The molecule has 198 valence electrons. The molecule has 3 aromatic rings.